The molecule has 9 aromatic heterocycles. The van der Waals surface area contributed by atoms with E-state index < -0.39 is 40.1 Å². The van der Waals surface area contributed by atoms with E-state index in [0.717, 1.165) is 95.4 Å². The van der Waals surface area contributed by atoms with Crippen molar-refractivity contribution in [2.75, 3.05) is 96.8 Å². The van der Waals surface area contributed by atoms with E-state index in [1.165, 1.54) is 70.0 Å². The van der Waals surface area contributed by atoms with Gasteiger partial charge in [0.05, 0.1) is 109 Å². The van der Waals surface area contributed by atoms with Gasteiger partial charge < -0.3 is 67.6 Å². The number of hydrogen-bond acceptors (Lipinski definition) is 28. The van der Waals surface area contributed by atoms with Crippen LogP contribution in [0.5, 0.6) is 40.4 Å². The standard InChI is InChI=1S/C23H21ClN4O4.C12H10ClNO4.C11H8ClNO4.C10H11NO2.C9H8ClNO.C9H9NO2.C8H5BrClN.C7H2S.C5H2BrClN2O2.C2H6NP.K/c1-32-17-8-26-21(24)19-18(17)16(7-25-19)20(29)23(31)28-11-14-9-27(10-15(14)12-28)22(30)13-5-3-2-4-6-13;1-17-8-5-14-11(13)7-4-3-6(9(7)8)10(15)12(16)18-2;1-17-7-4-13-10(12)6-3-2-5(8(6)7)9(14)11(15)16;1-12-9-6-11-10(13-2)8-5-3-4-7(8)9;1-12-8-5-11-9(10)7-4-2-3-6(7)8;1-12-8-5-10-9(11)7-4-2-3-6(7)8;9-7-4-11-8(10)6-3-1-2-5(6)7;1-2-3-4-5-6-7-8;6-3-1-4(9(10)11)5(7)8-2-3;1-3-4-2;/h2-8,14-15,25H,9-12H2,1H3;3,5H,4H2,1-2H3;2,4H,3H2,1H3,(H,15,16);3-4,6H,5H2,1-2H3;2-3,5H,4H2,1H3;2-3,5H,4H2,1H3,(H,10,11);1-2,4H,3H2;1H2;1-2H;1-2H3;/q;;;;;;;;;;+1/p-1/t14-,15+;;;;;;;;;;. The average molecular weight is 2200 g/mol. The maximum atomic E-state index is 13.1. The summed E-state index contributed by atoms with van der Waals surface area (Å²) < 4.78 is 45.8. The van der Waals surface area contributed by atoms with Crippen molar-refractivity contribution in [2.45, 2.75) is 38.5 Å². The largest absolute Gasteiger partial charge is 1.00 e. The number of nitrogens with zero attached hydrogens (tertiary/aromatic N) is 11. The first-order chi connectivity index (χ1) is 66.4. The van der Waals surface area contributed by atoms with E-state index in [1.54, 1.807) is 71.3 Å². The number of halogens is 8. The summed E-state index contributed by atoms with van der Waals surface area (Å²) in [4.78, 5) is 142. The molecule has 11 heterocycles. The van der Waals surface area contributed by atoms with Crippen molar-refractivity contribution in [2.24, 2.45) is 16.6 Å². The minimum absolute atomic E-state index is 0. The zero-order valence-corrected chi connectivity index (χ0v) is 88.5. The number of aromatic nitrogens is 9. The number of methoxy groups -OCH3 is 8. The molecule has 32 nitrogen and oxygen atoms in total. The van der Waals surface area contributed by atoms with Gasteiger partial charge in [0.2, 0.25) is 16.8 Å². The number of ketones is 3. The Kier molecular flexibility index (Phi) is 44.8. The number of nitrogens with one attached hydrogen (secondary N) is 2. The molecule has 2 saturated heterocycles. The van der Waals surface area contributed by atoms with Crippen molar-refractivity contribution in [1.29, 1.82) is 0 Å². The molecule has 2 amide bonds. The minimum Gasteiger partial charge on any atom is -0.541 e. The van der Waals surface area contributed by atoms with Gasteiger partial charge in [0.1, 0.15) is 61.1 Å². The number of carbonyl (C=O) groups excluding carboxylic acids is 7. The molecule has 8 aliphatic rings. The van der Waals surface area contributed by atoms with Gasteiger partial charge in [0.15, 0.2) is 5.15 Å². The van der Waals surface area contributed by atoms with Gasteiger partial charge in [0, 0.05) is 179 Å². The molecule has 2 aliphatic heterocycles. The molecule has 0 saturated carbocycles. The van der Waals surface area contributed by atoms with E-state index in [2.05, 4.69) is 163 Å². The number of aromatic amines is 2. The van der Waals surface area contributed by atoms with Crippen molar-refractivity contribution < 1.29 is 133 Å². The summed E-state index contributed by atoms with van der Waals surface area (Å²) in [5.41, 5.74) is 23.9. The number of pyridine rings is 8. The topological polar surface area (TPSA) is 417 Å². The van der Waals surface area contributed by atoms with E-state index >= 15 is 0 Å². The number of carboxylic acid groups (broad SMARTS) is 1. The summed E-state index contributed by atoms with van der Waals surface area (Å²) >= 11 is 45.9. The van der Waals surface area contributed by atoms with Gasteiger partial charge in [-0.2, -0.15) is 0 Å². The number of carboxylic acids is 1. The number of Topliss-reactive ketones (excluding diaryl/α,β-unsaturated/α-hetero) is 3. The number of likely N-dealkylation sites (tertiary alicyclic amines) is 2. The van der Waals surface area contributed by atoms with E-state index in [9.17, 15) is 53.6 Å². The first-order valence-corrected chi connectivity index (χ1v) is 46.1. The Bertz CT molecular complexity index is 6880. The van der Waals surface area contributed by atoms with Crippen molar-refractivity contribution in [3.63, 3.8) is 0 Å². The number of carbonyl (C=O) groups is 7. The molecule has 1 aromatic carbocycles. The molecule has 43 heteroatoms. The quantitative estimate of drug-likeness (QED) is 0.00919. The molecular formula is C96H81Br2Cl6KN13O19PS. The molecule has 10 aromatic rings. The summed E-state index contributed by atoms with van der Waals surface area (Å²) in [6.07, 6.45) is 37.2. The van der Waals surface area contributed by atoms with Gasteiger partial charge >= 0.3 is 63.0 Å². The fourth-order valence-corrected chi connectivity index (χ4v) is 16.7. The third-order valence-electron chi connectivity index (χ3n) is 21.0. The Morgan fingerprint density at radius 1 is 0.540 bits per heavy atom. The van der Waals surface area contributed by atoms with Crippen LogP contribution < -0.4 is 95.2 Å². The Morgan fingerprint density at radius 3 is 1.49 bits per heavy atom. The second-order valence-electron chi connectivity index (χ2n) is 28.7. The zero-order valence-electron chi connectivity index (χ0n) is 75.9. The molecule has 0 radical (unpaired) electrons. The van der Waals surface area contributed by atoms with E-state index in [0.29, 0.717) is 127 Å². The number of esters is 1. The number of fused-ring (bicyclic) bond motifs is 8. The van der Waals surface area contributed by atoms with Crippen molar-refractivity contribution in [1.82, 2.24) is 54.7 Å². The Balaban J connectivity index is 0.000000197. The number of aliphatic carboxylic acids is 1. The van der Waals surface area contributed by atoms with Crippen molar-refractivity contribution in [3.8, 4) is 40.4 Å². The normalized spacial score (nSPS) is 13.6. The predicted octanol–water partition coefficient (Wildman–Crippen LogP) is 14.4. The molecule has 6 aliphatic carbocycles. The number of H-pyrrole nitrogens is 2. The van der Waals surface area contributed by atoms with Crippen molar-refractivity contribution >= 4 is 220 Å². The van der Waals surface area contributed by atoms with E-state index in [4.69, 9.17) is 103 Å². The van der Waals surface area contributed by atoms with Gasteiger partial charge in [0.25, 0.3) is 28.9 Å². The Hall–Kier alpha value is -11.7. The van der Waals surface area contributed by atoms with Crippen LogP contribution in [0.1, 0.15) is 87.5 Å². The number of ether oxygens (including phenoxy) is 8. The van der Waals surface area contributed by atoms with Crippen LogP contribution in [0.3, 0.4) is 0 Å². The van der Waals surface area contributed by atoms with Gasteiger partial charge in [-0.25, -0.2) is 39.7 Å². The minimum atomic E-state index is -1.75. The smallest absolute Gasteiger partial charge is 0.541 e. The second kappa shape index (κ2) is 55.3. The number of amides is 2. The number of thiocarbonyl (C=S) groups is 1. The monoisotopic (exact) mass is 2190 g/mol. The molecule has 18 rings (SSSR count). The maximum Gasteiger partial charge on any atom is 1.00 e. The molecule has 0 unspecified atom stereocenters. The van der Waals surface area contributed by atoms with Crippen LogP contribution in [0.25, 0.3) is 46.4 Å². The van der Waals surface area contributed by atoms with Gasteiger partial charge in [-0.15, -0.1) is 0 Å². The third-order valence-corrected chi connectivity index (χ3v) is 24.4. The van der Waals surface area contributed by atoms with Crippen molar-refractivity contribution in [3.05, 3.63) is 302 Å². The molecule has 2 atom stereocenters. The van der Waals surface area contributed by atoms with Crippen LogP contribution in [-0.2, 0) is 67.2 Å². The summed E-state index contributed by atoms with van der Waals surface area (Å²) in [5, 5.41) is 25.3. The van der Waals surface area contributed by atoms with E-state index in [-0.39, 0.29) is 113 Å². The van der Waals surface area contributed by atoms with Crippen LogP contribution in [0, 0.1) is 22.0 Å². The molecule has 0 spiro atoms. The number of rotatable bonds is 15. The van der Waals surface area contributed by atoms with Crippen LogP contribution >= 0.6 is 122 Å². The van der Waals surface area contributed by atoms with Crippen LogP contribution in [0.4, 0.5) is 5.69 Å². The number of hydrogen-bond donors (Lipinski definition) is 2. The maximum absolute atomic E-state index is 13.1. The summed E-state index contributed by atoms with van der Waals surface area (Å²) in [7, 11) is 14.9. The summed E-state index contributed by atoms with van der Waals surface area (Å²) in [5.74, 6) is -1.16. The zero-order chi connectivity index (χ0) is 101. The Morgan fingerprint density at radius 2 is 0.993 bits per heavy atom. The summed E-state index contributed by atoms with van der Waals surface area (Å²) in [6.45, 7) is 7.30. The molecule has 2 N–H and O–H groups in total. The van der Waals surface area contributed by atoms with Crippen LogP contribution in [-0.4, -0.2) is 202 Å². The fraction of sp³-hybridized carbons (Fsp3) is 0.229. The first kappa shape index (κ1) is 113. The average Bonchev–Trinajstić information content (AvgIpc) is 1.62. The Labute approximate surface area is 893 Å². The van der Waals surface area contributed by atoms with Crippen LogP contribution in [0.15, 0.2) is 182 Å². The summed E-state index contributed by atoms with van der Waals surface area (Å²) in [6, 6.07) is 10.5. The number of benzene rings is 1. The third kappa shape index (κ3) is 28.6. The fourth-order valence-electron chi connectivity index (χ4n) is 14.6. The SMILES string of the molecule is C=C=C=C=C=C=C=S.CN=PC.COC(=O)C(=O)C1=CCc2c(Cl)ncc(OC)c21.COc1c[nH]c(=O)c2c1C=CC2.COc1cnc(Cl)c2[nH]cc(C(=O)C(=O)N3C[C@@H]4CN(C(=O)c5ccccc5)C[C@@H]4C3)c12.COc1cnc(Cl)c2c1C(C(=O)C(=O)[O-])=CC2.COc1cnc(Cl)c2c1C=CC2.COc1cnc(OC)c2c1C=CC2.Clc1ncc(Br)c2c1CC=C2.O=[N+]([O-])c1cc(Br)cnc1Cl.[K+]. The second-order valence-corrected chi connectivity index (χ2v) is 33.6. The van der Waals surface area contributed by atoms with Crippen LogP contribution in [0.2, 0.25) is 30.9 Å². The molecule has 0 bridgehead atoms. The first-order valence-electron chi connectivity index (χ1n) is 40.6. The van der Waals surface area contributed by atoms with Gasteiger partial charge in [-0.05, 0) is 133 Å². The molecular weight excluding hydrogens is 2110 g/mol. The molecule has 139 heavy (non-hydrogen) atoms. The number of nitro groups is 1. The number of allylic oxidation sites excluding steroid dienone is 6. The van der Waals surface area contributed by atoms with E-state index in [1.807, 2.05) is 66.2 Å². The van der Waals surface area contributed by atoms with Gasteiger partial charge in [-0.1, -0.05) is 154 Å². The molecule has 712 valence electrons. The predicted molar refractivity (Wildman–Crippen MR) is 535 cm³/mol. The van der Waals surface area contributed by atoms with Gasteiger partial charge in [-0.3, -0.25) is 43.6 Å². The molecule has 2 fully saturated rings.